The van der Waals surface area contributed by atoms with Crippen molar-refractivity contribution in [2.75, 3.05) is 0 Å². The first-order valence-corrected chi connectivity index (χ1v) is 6.30. The van der Waals surface area contributed by atoms with Crippen molar-refractivity contribution in [1.29, 1.82) is 0 Å². The van der Waals surface area contributed by atoms with Gasteiger partial charge in [-0.1, -0.05) is 27.7 Å². The molecular weight excluding hydrogens is 232 g/mol. The smallest absolute Gasteiger partial charge is 0.305 e. The largest absolute Gasteiger partial charge is 0.481 e. The average Bonchev–Trinajstić information content (AvgIpc) is 2.70. The molecule has 1 aliphatic carbocycles. The van der Waals surface area contributed by atoms with Crippen molar-refractivity contribution in [1.82, 2.24) is 0 Å². The zero-order valence-corrected chi connectivity index (χ0v) is 11.9. The number of carbonyl (C=O) groups excluding carboxylic acids is 2. The summed E-state index contributed by atoms with van der Waals surface area (Å²) in [6, 6.07) is 0. The maximum Gasteiger partial charge on any atom is 0.305 e. The fourth-order valence-corrected chi connectivity index (χ4v) is 2.14. The number of hydrogen-bond donors (Lipinski definition) is 1. The van der Waals surface area contributed by atoms with Crippen molar-refractivity contribution >= 4 is 18.0 Å². The Morgan fingerprint density at radius 2 is 1.72 bits per heavy atom. The lowest BCUT2D eigenvalue weighted by Gasteiger charge is -1.98. The number of carboxylic acid groups (broad SMARTS) is 1. The van der Waals surface area contributed by atoms with Crippen molar-refractivity contribution in [2.24, 2.45) is 23.2 Å². The van der Waals surface area contributed by atoms with Gasteiger partial charge in [0, 0.05) is 12.8 Å². The van der Waals surface area contributed by atoms with Crippen LogP contribution in [-0.2, 0) is 14.4 Å². The minimum absolute atomic E-state index is 0.215. The normalized spacial score (nSPS) is 23.9. The third kappa shape index (κ3) is 4.98. The lowest BCUT2D eigenvalue weighted by Crippen LogP contribution is -2.03. The van der Waals surface area contributed by atoms with Gasteiger partial charge >= 0.3 is 5.97 Å². The Morgan fingerprint density at radius 1 is 1.28 bits per heavy atom. The topological polar surface area (TPSA) is 71.4 Å². The monoisotopic (exact) mass is 256 g/mol. The number of carboxylic acids is 1. The molecule has 18 heavy (non-hydrogen) atoms. The highest BCUT2D eigenvalue weighted by Gasteiger charge is 2.56. The molecule has 0 aromatic rings. The van der Waals surface area contributed by atoms with E-state index in [0.29, 0.717) is 24.7 Å². The molecule has 1 saturated carbocycles. The molecule has 1 rings (SSSR count). The molecule has 0 radical (unpaired) electrons. The Kier molecular flexibility index (Phi) is 6.22. The molecule has 2 unspecified atom stereocenters. The molecule has 1 fully saturated rings. The van der Waals surface area contributed by atoms with Crippen LogP contribution in [0.3, 0.4) is 0 Å². The second-order valence-electron chi connectivity index (χ2n) is 5.84. The van der Waals surface area contributed by atoms with Crippen molar-refractivity contribution in [3.8, 4) is 0 Å². The van der Waals surface area contributed by atoms with E-state index in [4.69, 9.17) is 5.11 Å². The van der Waals surface area contributed by atoms with Crippen LogP contribution in [0.4, 0.5) is 0 Å². The van der Waals surface area contributed by atoms with E-state index in [1.54, 1.807) is 20.8 Å². The summed E-state index contributed by atoms with van der Waals surface area (Å²) in [5, 5.41) is 7.99. The number of aldehydes is 1. The Morgan fingerprint density at radius 3 is 2.00 bits per heavy atom. The zero-order chi connectivity index (χ0) is 14.5. The molecule has 4 heteroatoms. The maximum absolute atomic E-state index is 10.8. The Balaban J connectivity index is 0.000000411. The summed E-state index contributed by atoms with van der Waals surface area (Å²) < 4.78 is 0. The van der Waals surface area contributed by atoms with Crippen LogP contribution in [0, 0.1) is 23.2 Å². The highest BCUT2D eigenvalue weighted by molar-refractivity contribution is 5.76. The summed E-state index contributed by atoms with van der Waals surface area (Å²) in [6.07, 6.45) is 2.23. The molecule has 0 spiro atoms. The van der Waals surface area contributed by atoms with Gasteiger partial charge in [-0.2, -0.15) is 0 Å². The summed E-state index contributed by atoms with van der Waals surface area (Å²) in [5.74, 6) is 0.153. The van der Waals surface area contributed by atoms with Crippen LogP contribution in [0.15, 0.2) is 0 Å². The van der Waals surface area contributed by atoms with Crippen LogP contribution in [0.25, 0.3) is 0 Å². The summed E-state index contributed by atoms with van der Waals surface area (Å²) in [4.78, 5) is 30.8. The lowest BCUT2D eigenvalue weighted by molar-refractivity contribution is -0.140. The van der Waals surface area contributed by atoms with Gasteiger partial charge in [0.05, 0.1) is 5.92 Å². The molecule has 0 saturated heterocycles. The Hall–Kier alpha value is -1.19. The molecule has 0 bridgehead atoms. The number of carbonyl (C=O) groups is 3. The molecule has 104 valence electrons. The lowest BCUT2D eigenvalue weighted by atomic mass is 10.1. The Labute approximate surface area is 109 Å². The predicted octanol–water partition coefficient (Wildman–Crippen LogP) is 2.55. The van der Waals surface area contributed by atoms with Crippen LogP contribution in [0.2, 0.25) is 0 Å². The van der Waals surface area contributed by atoms with Gasteiger partial charge in [0.1, 0.15) is 12.1 Å². The molecule has 2 atom stereocenters. The maximum atomic E-state index is 10.8. The number of aliphatic carboxylic acids is 1. The van der Waals surface area contributed by atoms with E-state index in [-0.39, 0.29) is 17.1 Å². The third-order valence-electron chi connectivity index (χ3n) is 3.64. The number of Topliss-reactive ketones (excluding diaryl/α,β-unsaturated/α-hetero) is 1. The molecule has 0 aliphatic heterocycles. The zero-order valence-electron chi connectivity index (χ0n) is 11.9. The number of rotatable bonds is 5. The van der Waals surface area contributed by atoms with E-state index in [1.165, 1.54) is 0 Å². The van der Waals surface area contributed by atoms with Crippen LogP contribution in [0.5, 0.6) is 0 Å². The van der Waals surface area contributed by atoms with E-state index >= 15 is 0 Å². The molecule has 0 heterocycles. The van der Waals surface area contributed by atoms with E-state index < -0.39 is 5.97 Å². The number of ketones is 1. The van der Waals surface area contributed by atoms with Gasteiger partial charge in [0.2, 0.25) is 0 Å². The fraction of sp³-hybridized carbons (Fsp3) is 0.786. The molecular formula is C14H24O4. The summed E-state index contributed by atoms with van der Waals surface area (Å²) in [7, 11) is 0. The molecule has 0 aromatic heterocycles. The van der Waals surface area contributed by atoms with Crippen molar-refractivity contribution in [3.63, 3.8) is 0 Å². The second kappa shape index (κ2) is 6.66. The minimum Gasteiger partial charge on any atom is -0.481 e. The standard InChI is InChI=1S/C10H16O2.C4H8O2/c1-7(12)6-9-8(4-5-11)10(9,2)3;1-3(2)4(5)6/h5,8-9H,4,6H2,1-3H3;3H,1-2H3,(H,5,6). The SMILES string of the molecule is CC(=O)CC1C(CC=O)C1(C)C.CC(C)C(=O)O. The molecule has 0 amide bonds. The number of hydrogen-bond acceptors (Lipinski definition) is 3. The quantitative estimate of drug-likeness (QED) is 0.767. The molecule has 1 aliphatic rings. The first kappa shape index (κ1) is 16.8. The van der Waals surface area contributed by atoms with E-state index in [9.17, 15) is 14.4 Å². The van der Waals surface area contributed by atoms with Crippen LogP contribution < -0.4 is 0 Å². The van der Waals surface area contributed by atoms with Crippen molar-refractivity contribution in [3.05, 3.63) is 0 Å². The van der Waals surface area contributed by atoms with Crippen LogP contribution in [-0.4, -0.2) is 23.1 Å². The van der Waals surface area contributed by atoms with Gasteiger partial charge in [-0.15, -0.1) is 0 Å². The van der Waals surface area contributed by atoms with Crippen molar-refractivity contribution < 1.29 is 19.5 Å². The van der Waals surface area contributed by atoms with Gasteiger partial charge < -0.3 is 14.7 Å². The Bertz CT molecular complexity index is 318. The van der Waals surface area contributed by atoms with Gasteiger partial charge in [0.25, 0.3) is 0 Å². The van der Waals surface area contributed by atoms with E-state index in [1.807, 2.05) is 0 Å². The molecule has 0 aromatic carbocycles. The van der Waals surface area contributed by atoms with E-state index in [2.05, 4.69) is 13.8 Å². The van der Waals surface area contributed by atoms with Crippen LogP contribution in [0.1, 0.15) is 47.5 Å². The van der Waals surface area contributed by atoms with E-state index in [0.717, 1.165) is 6.29 Å². The first-order valence-electron chi connectivity index (χ1n) is 6.30. The average molecular weight is 256 g/mol. The summed E-state index contributed by atoms with van der Waals surface area (Å²) in [6.45, 7) is 9.17. The first-order chi connectivity index (χ1) is 8.14. The van der Waals surface area contributed by atoms with Gasteiger partial charge in [-0.25, -0.2) is 0 Å². The van der Waals surface area contributed by atoms with Crippen LogP contribution >= 0.6 is 0 Å². The summed E-state index contributed by atoms with van der Waals surface area (Å²) >= 11 is 0. The molecule has 4 nitrogen and oxygen atoms in total. The minimum atomic E-state index is -0.741. The second-order valence-corrected chi connectivity index (χ2v) is 5.84. The third-order valence-corrected chi connectivity index (χ3v) is 3.64. The highest BCUT2D eigenvalue weighted by Crippen LogP contribution is 2.61. The summed E-state index contributed by atoms with van der Waals surface area (Å²) in [5.41, 5.74) is 0.215. The fourth-order valence-electron chi connectivity index (χ4n) is 2.14. The van der Waals surface area contributed by atoms with Gasteiger partial charge in [0.15, 0.2) is 0 Å². The predicted molar refractivity (Wildman–Crippen MR) is 69.2 cm³/mol. The van der Waals surface area contributed by atoms with Crippen molar-refractivity contribution in [2.45, 2.75) is 47.5 Å². The molecule has 1 N–H and O–H groups in total. The van der Waals surface area contributed by atoms with Gasteiger partial charge in [-0.05, 0) is 24.2 Å². The highest BCUT2D eigenvalue weighted by atomic mass is 16.4. The van der Waals surface area contributed by atoms with Gasteiger partial charge in [-0.3, -0.25) is 4.79 Å².